The van der Waals surface area contributed by atoms with Gasteiger partial charge < -0.3 is 21.3 Å². The van der Waals surface area contributed by atoms with Crippen molar-refractivity contribution in [3.05, 3.63) is 35.4 Å². The van der Waals surface area contributed by atoms with Gasteiger partial charge in [-0.25, -0.2) is 0 Å². The Labute approximate surface area is 156 Å². The second kappa shape index (κ2) is 11.9. The summed E-state index contributed by atoms with van der Waals surface area (Å²) >= 11 is 0. The summed E-state index contributed by atoms with van der Waals surface area (Å²) in [7, 11) is 3.32. The van der Waals surface area contributed by atoms with Crippen LogP contribution in [0.4, 0.5) is 0 Å². The zero-order chi connectivity index (χ0) is 19.4. The molecule has 0 heterocycles. The standard InChI is InChI=1S/C19H31N5O2/c1-5-14(2)24-17(25)10-12-23-19(21-4)22-11-9-15-7-6-8-16(13-15)18(26)20-3/h6-8,13-14H,5,9-12H2,1-4H3,(H,20,26)(H,24,25)(H2,21,22,23). The molecule has 0 fully saturated rings. The van der Waals surface area contributed by atoms with Crippen LogP contribution in [0.3, 0.4) is 0 Å². The monoisotopic (exact) mass is 361 g/mol. The number of aliphatic imine (C=N–C) groups is 1. The van der Waals surface area contributed by atoms with Crippen LogP contribution in [0.5, 0.6) is 0 Å². The third-order valence-corrected chi connectivity index (χ3v) is 4.01. The molecule has 0 saturated heterocycles. The molecule has 0 bridgehead atoms. The predicted octanol–water partition coefficient (Wildman–Crippen LogP) is 1.06. The zero-order valence-corrected chi connectivity index (χ0v) is 16.2. The van der Waals surface area contributed by atoms with Crippen LogP contribution in [0.1, 0.15) is 42.6 Å². The van der Waals surface area contributed by atoms with Gasteiger partial charge in [-0.05, 0) is 37.5 Å². The van der Waals surface area contributed by atoms with E-state index in [-0.39, 0.29) is 17.9 Å². The van der Waals surface area contributed by atoms with E-state index in [4.69, 9.17) is 0 Å². The van der Waals surface area contributed by atoms with Crippen molar-refractivity contribution in [2.24, 2.45) is 4.99 Å². The third kappa shape index (κ3) is 8.00. The Morgan fingerprint density at radius 2 is 1.92 bits per heavy atom. The first-order chi connectivity index (χ1) is 12.5. The van der Waals surface area contributed by atoms with Crippen LogP contribution in [0.2, 0.25) is 0 Å². The normalized spacial score (nSPS) is 12.2. The summed E-state index contributed by atoms with van der Waals surface area (Å²) in [6.45, 7) is 5.23. The molecule has 7 nitrogen and oxygen atoms in total. The maximum Gasteiger partial charge on any atom is 0.251 e. The van der Waals surface area contributed by atoms with Crippen molar-refractivity contribution in [2.75, 3.05) is 27.2 Å². The number of amides is 2. The van der Waals surface area contributed by atoms with Crippen LogP contribution >= 0.6 is 0 Å². The van der Waals surface area contributed by atoms with Crippen LogP contribution in [-0.2, 0) is 11.2 Å². The van der Waals surface area contributed by atoms with E-state index in [1.165, 1.54) is 0 Å². The topological polar surface area (TPSA) is 94.6 Å². The van der Waals surface area contributed by atoms with Gasteiger partial charge in [-0.15, -0.1) is 0 Å². The molecule has 2 amide bonds. The first-order valence-electron chi connectivity index (χ1n) is 9.05. The number of rotatable bonds is 9. The molecule has 0 aliphatic carbocycles. The number of carbonyl (C=O) groups is 2. The summed E-state index contributed by atoms with van der Waals surface area (Å²) in [5, 5.41) is 11.9. The first kappa shape index (κ1) is 21.5. The fourth-order valence-electron chi connectivity index (χ4n) is 2.30. The van der Waals surface area contributed by atoms with Crippen LogP contribution < -0.4 is 21.3 Å². The Balaban J connectivity index is 2.34. The maximum absolute atomic E-state index is 11.7. The lowest BCUT2D eigenvalue weighted by Crippen LogP contribution is -2.41. The van der Waals surface area contributed by atoms with Crippen molar-refractivity contribution >= 4 is 17.8 Å². The Morgan fingerprint density at radius 3 is 2.58 bits per heavy atom. The molecule has 0 aliphatic heterocycles. The molecule has 0 aromatic heterocycles. The third-order valence-electron chi connectivity index (χ3n) is 4.01. The molecule has 1 aromatic carbocycles. The summed E-state index contributed by atoms with van der Waals surface area (Å²) in [6, 6.07) is 7.74. The molecule has 1 aromatic rings. The molecule has 0 spiro atoms. The summed E-state index contributed by atoms with van der Waals surface area (Å²) in [6.07, 6.45) is 2.09. The minimum Gasteiger partial charge on any atom is -0.356 e. The van der Waals surface area contributed by atoms with Gasteiger partial charge in [-0.3, -0.25) is 14.6 Å². The van der Waals surface area contributed by atoms with Crippen LogP contribution in [-0.4, -0.2) is 51.0 Å². The van der Waals surface area contributed by atoms with Gasteiger partial charge in [0.2, 0.25) is 5.91 Å². The average Bonchev–Trinajstić information content (AvgIpc) is 2.66. The predicted molar refractivity (Wildman–Crippen MR) is 105 cm³/mol. The number of carbonyl (C=O) groups excluding carboxylic acids is 2. The fraction of sp³-hybridized carbons (Fsp3) is 0.526. The molecule has 144 valence electrons. The van der Waals surface area contributed by atoms with E-state index in [2.05, 4.69) is 26.3 Å². The number of benzene rings is 1. The molecular weight excluding hydrogens is 330 g/mol. The van der Waals surface area contributed by atoms with Crippen molar-refractivity contribution in [3.8, 4) is 0 Å². The van der Waals surface area contributed by atoms with Crippen molar-refractivity contribution < 1.29 is 9.59 Å². The molecule has 0 saturated carbocycles. The molecule has 1 unspecified atom stereocenters. The smallest absolute Gasteiger partial charge is 0.251 e. The van der Waals surface area contributed by atoms with Gasteiger partial charge in [0.05, 0.1) is 0 Å². The largest absolute Gasteiger partial charge is 0.356 e. The number of nitrogens with one attached hydrogen (secondary N) is 4. The van der Waals surface area contributed by atoms with Crippen molar-refractivity contribution in [2.45, 2.75) is 39.2 Å². The average molecular weight is 361 g/mol. The van der Waals surface area contributed by atoms with Gasteiger partial charge in [-0.1, -0.05) is 19.1 Å². The number of hydrogen-bond donors (Lipinski definition) is 4. The maximum atomic E-state index is 11.7. The van der Waals surface area contributed by atoms with Crippen molar-refractivity contribution in [1.82, 2.24) is 21.3 Å². The van der Waals surface area contributed by atoms with Gasteiger partial charge in [0.15, 0.2) is 5.96 Å². The summed E-state index contributed by atoms with van der Waals surface area (Å²) in [5.74, 6) is 0.602. The quantitative estimate of drug-likeness (QED) is 0.391. The Morgan fingerprint density at radius 1 is 1.19 bits per heavy atom. The van der Waals surface area contributed by atoms with Crippen molar-refractivity contribution in [3.63, 3.8) is 0 Å². The minimum atomic E-state index is -0.0899. The highest BCUT2D eigenvalue weighted by Crippen LogP contribution is 2.05. The highest BCUT2D eigenvalue weighted by atomic mass is 16.2. The Kier molecular flexibility index (Phi) is 9.82. The van der Waals surface area contributed by atoms with E-state index in [9.17, 15) is 9.59 Å². The van der Waals surface area contributed by atoms with Crippen LogP contribution in [0, 0.1) is 0 Å². The molecule has 4 N–H and O–H groups in total. The molecule has 1 atom stereocenters. The van der Waals surface area contributed by atoms with E-state index in [1.807, 2.05) is 32.0 Å². The lowest BCUT2D eigenvalue weighted by Gasteiger charge is -2.14. The van der Waals surface area contributed by atoms with Crippen LogP contribution in [0.25, 0.3) is 0 Å². The lowest BCUT2D eigenvalue weighted by molar-refractivity contribution is -0.121. The second-order valence-electron chi connectivity index (χ2n) is 6.08. The minimum absolute atomic E-state index is 0.0355. The van der Waals surface area contributed by atoms with Crippen molar-refractivity contribution in [1.29, 1.82) is 0 Å². The van der Waals surface area contributed by atoms with E-state index in [1.54, 1.807) is 20.2 Å². The second-order valence-corrected chi connectivity index (χ2v) is 6.08. The molecule has 0 aliphatic rings. The zero-order valence-electron chi connectivity index (χ0n) is 16.2. The van der Waals surface area contributed by atoms with Crippen LogP contribution in [0.15, 0.2) is 29.3 Å². The molecule has 0 radical (unpaired) electrons. The van der Waals surface area contributed by atoms with E-state index in [0.717, 1.165) is 18.4 Å². The number of nitrogens with zero attached hydrogens (tertiary/aromatic N) is 1. The summed E-state index contributed by atoms with van der Waals surface area (Å²) < 4.78 is 0. The van der Waals surface area contributed by atoms with E-state index in [0.29, 0.717) is 31.0 Å². The fourth-order valence-corrected chi connectivity index (χ4v) is 2.30. The molecule has 1 rings (SSSR count). The summed E-state index contributed by atoms with van der Waals surface area (Å²) in [5.41, 5.74) is 1.72. The van der Waals surface area contributed by atoms with E-state index >= 15 is 0 Å². The molecular formula is C19H31N5O2. The van der Waals surface area contributed by atoms with Gasteiger partial charge in [0.1, 0.15) is 0 Å². The lowest BCUT2D eigenvalue weighted by atomic mass is 10.1. The van der Waals surface area contributed by atoms with Gasteiger partial charge in [0.25, 0.3) is 5.91 Å². The van der Waals surface area contributed by atoms with E-state index < -0.39 is 0 Å². The molecule has 26 heavy (non-hydrogen) atoms. The first-order valence-corrected chi connectivity index (χ1v) is 9.05. The van der Waals surface area contributed by atoms with Gasteiger partial charge in [-0.2, -0.15) is 0 Å². The highest BCUT2D eigenvalue weighted by molar-refractivity contribution is 5.94. The summed E-state index contributed by atoms with van der Waals surface area (Å²) in [4.78, 5) is 27.6. The SMILES string of the molecule is CCC(C)NC(=O)CCNC(=NC)NCCc1cccc(C(=O)NC)c1. The number of hydrogen-bond acceptors (Lipinski definition) is 3. The number of guanidine groups is 1. The van der Waals surface area contributed by atoms with Gasteiger partial charge >= 0.3 is 0 Å². The Hall–Kier alpha value is -2.57. The highest BCUT2D eigenvalue weighted by Gasteiger charge is 2.06. The molecule has 7 heteroatoms. The Bertz CT molecular complexity index is 616. The van der Waals surface area contributed by atoms with Gasteiger partial charge in [0, 0.05) is 45.2 Å².